The molecular formula is C8H8N2O. The number of nitrogens with two attached hydrogens (primary N) is 1. The maximum atomic E-state index is 5.51. The van der Waals surface area contributed by atoms with Crippen LogP contribution in [0.25, 0.3) is 11.0 Å². The summed E-state index contributed by atoms with van der Waals surface area (Å²) in [4.78, 5) is 0. The molecule has 2 rings (SSSR count). The van der Waals surface area contributed by atoms with Crippen LogP contribution in [0.1, 0.15) is 5.56 Å². The van der Waals surface area contributed by atoms with Crippen LogP contribution in [0.5, 0.6) is 0 Å². The van der Waals surface area contributed by atoms with Crippen molar-refractivity contribution >= 4 is 11.0 Å². The van der Waals surface area contributed by atoms with Crippen LogP contribution in [0.3, 0.4) is 0 Å². The van der Waals surface area contributed by atoms with E-state index in [1.807, 2.05) is 18.2 Å². The van der Waals surface area contributed by atoms with Crippen molar-refractivity contribution in [1.82, 2.24) is 5.16 Å². The maximum absolute atomic E-state index is 5.51. The Hall–Kier alpha value is -1.35. The molecule has 3 heteroatoms. The van der Waals surface area contributed by atoms with Gasteiger partial charge in [-0.3, -0.25) is 0 Å². The minimum Gasteiger partial charge on any atom is -0.356 e. The lowest BCUT2D eigenvalue weighted by atomic mass is 10.1. The molecule has 0 aliphatic heterocycles. The van der Waals surface area contributed by atoms with Gasteiger partial charge in [0.1, 0.15) is 0 Å². The standard InChI is InChI=1S/C8H8N2O/c9-4-6-2-1-3-8-7(6)5-10-11-8/h1-3,5H,4,9H2. The largest absolute Gasteiger partial charge is 0.356 e. The van der Waals surface area contributed by atoms with E-state index in [4.69, 9.17) is 10.3 Å². The summed E-state index contributed by atoms with van der Waals surface area (Å²) in [6.07, 6.45) is 1.69. The van der Waals surface area contributed by atoms with Gasteiger partial charge in [0, 0.05) is 11.9 Å². The molecule has 0 radical (unpaired) electrons. The zero-order chi connectivity index (χ0) is 7.68. The average Bonchev–Trinajstić information content (AvgIpc) is 2.50. The summed E-state index contributed by atoms with van der Waals surface area (Å²) in [5, 5.41) is 4.69. The summed E-state index contributed by atoms with van der Waals surface area (Å²) in [5.74, 6) is 0. The van der Waals surface area contributed by atoms with Crippen molar-refractivity contribution in [3.05, 3.63) is 30.0 Å². The molecule has 56 valence electrons. The monoisotopic (exact) mass is 148 g/mol. The second kappa shape index (κ2) is 2.36. The molecule has 1 heterocycles. The summed E-state index contributed by atoms with van der Waals surface area (Å²) >= 11 is 0. The molecule has 2 N–H and O–H groups in total. The number of hydrogen-bond acceptors (Lipinski definition) is 3. The van der Waals surface area contributed by atoms with Crippen molar-refractivity contribution < 1.29 is 4.52 Å². The first-order valence-corrected chi connectivity index (χ1v) is 3.44. The zero-order valence-corrected chi connectivity index (χ0v) is 5.95. The van der Waals surface area contributed by atoms with E-state index in [0.29, 0.717) is 6.54 Å². The Labute approximate surface area is 63.8 Å². The van der Waals surface area contributed by atoms with Gasteiger partial charge in [-0.05, 0) is 11.6 Å². The highest BCUT2D eigenvalue weighted by Crippen LogP contribution is 2.16. The zero-order valence-electron chi connectivity index (χ0n) is 5.95. The molecule has 0 aliphatic rings. The van der Waals surface area contributed by atoms with Gasteiger partial charge in [0.15, 0.2) is 5.58 Å². The van der Waals surface area contributed by atoms with Crippen molar-refractivity contribution in [2.45, 2.75) is 6.54 Å². The molecular weight excluding hydrogens is 140 g/mol. The van der Waals surface area contributed by atoms with E-state index in [0.717, 1.165) is 16.5 Å². The Bertz CT molecular complexity index is 367. The van der Waals surface area contributed by atoms with E-state index >= 15 is 0 Å². The molecule has 1 aromatic carbocycles. The fourth-order valence-corrected chi connectivity index (χ4v) is 1.13. The number of nitrogens with zero attached hydrogens (tertiary/aromatic N) is 1. The third kappa shape index (κ3) is 0.897. The molecule has 0 saturated carbocycles. The Balaban J connectivity index is 2.79. The lowest BCUT2D eigenvalue weighted by Crippen LogP contribution is -1.95. The van der Waals surface area contributed by atoms with E-state index < -0.39 is 0 Å². The number of hydrogen-bond donors (Lipinski definition) is 1. The van der Waals surface area contributed by atoms with Gasteiger partial charge in [0.2, 0.25) is 0 Å². The summed E-state index contributed by atoms with van der Waals surface area (Å²) < 4.78 is 4.95. The highest BCUT2D eigenvalue weighted by Gasteiger charge is 2.00. The van der Waals surface area contributed by atoms with Crippen LogP contribution in [0, 0.1) is 0 Å². The molecule has 0 bridgehead atoms. The van der Waals surface area contributed by atoms with Gasteiger partial charge in [-0.25, -0.2) is 0 Å². The first-order chi connectivity index (χ1) is 5.42. The number of rotatable bonds is 1. The Morgan fingerprint density at radius 3 is 3.18 bits per heavy atom. The first-order valence-electron chi connectivity index (χ1n) is 3.44. The average molecular weight is 148 g/mol. The predicted octanol–water partition coefficient (Wildman–Crippen LogP) is 1.29. The van der Waals surface area contributed by atoms with Gasteiger partial charge >= 0.3 is 0 Å². The summed E-state index contributed by atoms with van der Waals surface area (Å²) in [5.41, 5.74) is 7.38. The van der Waals surface area contributed by atoms with Crippen LogP contribution in [-0.4, -0.2) is 5.16 Å². The van der Waals surface area contributed by atoms with Crippen molar-refractivity contribution in [2.24, 2.45) is 5.73 Å². The molecule has 0 unspecified atom stereocenters. The van der Waals surface area contributed by atoms with E-state index in [1.165, 1.54) is 0 Å². The van der Waals surface area contributed by atoms with Crippen molar-refractivity contribution in [2.75, 3.05) is 0 Å². The summed E-state index contributed by atoms with van der Waals surface area (Å²) in [6.45, 7) is 0.526. The van der Waals surface area contributed by atoms with Crippen LogP contribution in [0.4, 0.5) is 0 Å². The Kier molecular flexibility index (Phi) is 1.36. The van der Waals surface area contributed by atoms with Crippen molar-refractivity contribution in [3.63, 3.8) is 0 Å². The Morgan fingerprint density at radius 1 is 1.45 bits per heavy atom. The fourth-order valence-electron chi connectivity index (χ4n) is 1.13. The number of fused-ring (bicyclic) bond motifs is 1. The van der Waals surface area contributed by atoms with Gasteiger partial charge in [0.05, 0.1) is 6.20 Å². The van der Waals surface area contributed by atoms with Crippen LogP contribution in [0.15, 0.2) is 28.9 Å². The maximum Gasteiger partial charge on any atom is 0.167 e. The molecule has 0 saturated heterocycles. The SMILES string of the molecule is NCc1cccc2oncc12. The molecule has 3 nitrogen and oxygen atoms in total. The molecule has 11 heavy (non-hydrogen) atoms. The smallest absolute Gasteiger partial charge is 0.167 e. The van der Waals surface area contributed by atoms with Crippen LogP contribution < -0.4 is 5.73 Å². The molecule has 2 aromatic rings. The Morgan fingerprint density at radius 2 is 2.36 bits per heavy atom. The van der Waals surface area contributed by atoms with E-state index in [-0.39, 0.29) is 0 Å². The van der Waals surface area contributed by atoms with Crippen LogP contribution in [-0.2, 0) is 6.54 Å². The second-order valence-corrected chi connectivity index (χ2v) is 2.36. The minimum atomic E-state index is 0.526. The van der Waals surface area contributed by atoms with Crippen LogP contribution >= 0.6 is 0 Å². The lowest BCUT2D eigenvalue weighted by molar-refractivity contribution is 0.456. The highest BCUT2D eigenvalue weighted by atomic mass is 16.5. The highest BCUT2D eigenvalue weighted by molar-refractivity contribution is 5.79. The summed E-state index contributed by atoms with van der Waals surface area (Å²) in [6, 6.07) is 5.76. The number of benzene rings is 1. The fraction of sp³-hybridized carbons (Fsp3) is 0.125. The number of aromatic nitrogens is 1. The van der Waals surface area contributed by atoms with Crippen LogP contribution in [0.2, 0.25) is 0 Å². The third-order valence-electron chi connectivity index (χ3n) is 1.71. The molecule has 0 spiro atoms. The minimum absolute atomic E-state index is 0.526. The lowest BCUT2D eigenvalue weighted by Gasteiger charge is -1.94. The molecule has 0 fully saturated rings. The van der Waals surface area contributed by atoms with E-state index in [9.17, 15) is 0 Å². The predicted molar refractivity (Wildman–Crippen MR) is 41.9 cm³/mol. The van der Waals surface area contributed by atoms with Gasteiger partial charge < -0.3 is 10.3 Å². The van der Waals surface area contributed by atoms with Gasteiger partial charge in [0.25, 0.3) is 0 Å². The first kappa shape index (κ1) is 6.37. The van der Waals surface area contributed by atoms with E-state index in [1.54, 1.807) is 6.20 Å². The quantitative estimate of drug-likeness (QED) is 0.662. The molecule has 0 aliphatic carbocycles. The van der Waals surface area contributed by atoms with E-state index in [2.05, 4.69) is 5.16 Å². The molecule has 1 aromatic heterocycles. The second-order valence-electron chi connectivity index (χ2n) is 2.36. The third-order valence-corrected chi connectivity index (χ3v) is 1.71. The van der Waals surface area contributed by atoms with Crippen molar-refractivity contribution in [3.8, 4) is 0 Å². The van der Waals surface area contributed by atoms with Gasteiger partial charge in [-0.15, -0.1) is 0 Å². The molecule has 0 amide bonds. The van der Waals surface area contributed by atoms with Crippen molar-refractivity contribution in [1.29, 1.82) is 0 Å². The van der Waals surface area contributed by atoms with Gasteiger partial charge in [-0.1, -0.05) is 17.3 Å². The topological polar surface area (TPSA) is 52.0 Å². The normalized spacial score (nSPS) is 10.6. The molecule has 0 atom stereocenters. The summed E-state index contributed by atoms with van der Waals surface area (Å²) in [7, 11) is 0. The van der Waals surface area contributed by atoms with Gasteiger partial charge in [-0.2, -0.15) is 0 Å².